The van der Waals surface area contributed by atoms with Gasteiger partial charge in [-0.2, -0.15) is 0 Å². The smallest absolute Gasteiger partial charge is 0.262 e. The van der Waals surface area contributed by atoms with Crippen LogP contribution >= 0.6 is 11.3 Å². The summed E-state index contributed by atoms with van der Waals surface area (Å²) in [6, 6.07) is 0.427. The fourth-order valence-electron chi connectivity index (χ4n) is 2.81. The van der Waals surface area contributed by atoms with Crippen molar-refractivity contribution in [2.45, 2.75) is 52.6 Å². The number of carbonyl (C=O) groups excluding carboxylic acids is 1. The molecule has 118 valence electrons. The number of amides is 1. The van der Waals surface area contributed by atoms with Gasteiger partial charge in [0.1, 0.15) is 4.83 Å². The summed E-state index contributed by atoms with van der Waals surface area (Å²) in [5.41, 5.74) is 0.973. The third kappa shape index (κ3) is 2.67. The van der Waals surface area contributed by atoms with E-state index < -0.39 is 0 Å². The molecule has 6 heteroatoms. The van der Waals surface area contributed by atoms with E-state index in [9.17, 15) is 9.59 Å². The molecule has 0 spiro atoms. The molecule has 0 aromatic carbocycles. The number of aromatic nitrogens is 2. The number of thiophene rings is 1. The molecule has 1 amide bonds. The van der Waals surface area contributed by atoms with Gasteiger partial charge < -0.3 is 4.90 Å². The second-order valence-corrected chi connectivity index (χ2v) is 7.07. The lowest BCUT2D eigenvalue weighted by molar-refractivity contribution is -0.131. The number of nitrogens with zero attached hydrogens (tertiary/aromatic N) is 3. The van der Waals surface area contributed by atoms with Crippen LogP contribution in [0.2, 0.25) is 0 Å². The van der Waals surface area contributed by atoms with Crippen LogP contribution in [-0.4, -0.2) is 32.9 Å². The zero-order chi connectivity index (χ0) is 15.9. The van der Waals surface area contributed by atoms with Crippen molar-refractivity contribution in [3.63, 3.8) is 0 Å². The first kappa shape index (κ1) is 15.2. The summed E-state index contributed by atoms with van der Waals surface area (Å²) >= 11 is 1.55. The molecule has 1 fully saturated rings. The van der Waals surface area contributed by atoms with Crippen LogP contribution in [-0.2, 0) is 11.3 Å². The number of aryl methyl sites for hydroxylation is 3. The van der Waals surface area contributed by atoms with Crippen LogP contribution in [0.25, 0.3) is 10.2 Å². The molecule has 0 atom stereocenters. The Morgan fingerprint density at radius 2 is 2.18 bits per heavy atom. The van der Waals surface area contributed by atoms with Crippen LogP contribution in [0.4, 0.5) is 0 Å². The summed E-state index contributed by atoms with van der Waals surface area (Å²) in [7, 11) is 0. The van der Waals surface area contributed by atoms with Gasteiger partial charge in [0.2, 0.25) is 5.91 Å². The zero-order valence-corrected chi connectivity index (χ0v) is 14.1. The van der Waals surface area contributed by atoms with Gasteiger partial charge in [-0.25, -0.2) is 4.98 Å². The number of hydrogen-bond acceptors (Lipinski definition) is 4. The van der Waals surface area contributed by atoms with Crippen molar-refractivity contribution in [2.24, 2.45) is 0 Å². The Bertz CT molecular complexity index is 774. The van der Waals surface area contributed by atoms with E-state index in [1.54, 1.807) is 22.2 Å². The number of carbonyl (C=O) groups is 1. The highest BCUT2D eigenvalue weighted by atomic mass is 32.1. The van der Waals surface area contributed by atoms with E-state index in [0.717, 1.165) is 34.7 Å². The zero-order valence-electron chi connectivity index (χ0n) is 13.3. The highest BCUT2D eigenvalue weighted by Crippen LogP contribution is 2.27. The average molecular weight is 319 g/mol. The third-order valence-corrected chi connectivity index (χ3v) is 5.49. The van der Waals surface area contributed by atoms with Crippen LogP contribution in [0.15, 0.2) is 11.1 Å². The number of fused-ring (bicyclic) bond motifs is 1. The van der Waals surface area contributed by atoms with Crippen molar-refractivity contribution in [1.82, 2.24) is 14.5 Å². The van der Waals surface area contributed by atoms with Gasteiger partial charge in [0.25, 0.3) is 5.56 Å². The highest BCUT2D eigenvalue weighted by Gasteiger charge is 2.30. The Morgan fingerprint density at radius 3 is 2.82 bits per heavy atom. The van der Waals surface area contributed by atoms with E-state index >= 15 is 0 Å². The molecule has 0 N–H and O–H groups in total. The molecule has 2 aromatic rings. The quantitative estimate of drug-likeness (QED) is 0.851. The van der Waals surface area contributed by atoms with Crippen LogP contribution in [0.1, 0.15) is 36.6 Å². The molecule has 0 radical (unpaired) electrons. The fraction of sp³-hybridized carbons (Fsp3) is 0.562. The molecule has 0 bridgehead atoms. The van der Waals surface area contributed by atoms with E-state index in [1.807, 2.05) is 25.7 Å². The average Bonchev–Trinajstić information content (AvgIpc) is 3.27. The van der Waals surface area contributed by atoms with Crippen LogP contribution in [0.3, 0.4) is 0 Å². The normalized spacial score (nSPS) is 14.5. The van der Waals surface area contributed by atoms with Crippen LogP contribution in [0, 0.1) is 13.8 Å². The molecule has 22 heavy (non-hydrogen) atoms. The fourth-order valence-corrected chi connectivity index (χ4v) is 3.80. The lowest BCUT2D eigenvalue weighted by Crippen LogP contribution is -2.34. The van der Waals surface area contributed by atoms with Crippen molar-refractivity contribution < 1.29 is 4.79 Å². The Kier molecular flexibility index (Phi) is 4.04. The van der Waals surface area contributed by atoms with Gasteiger partial charge in [-0.1, -0.05) is 0 Å². The van der Waals surface area contributed by atoms with Gasteiger partial charge in [-0.05, 0) is 39.2 Å². The number of hydrogen-bond donors (Lipinski definition) is 0. The minimum absolute atomic E-state index is 0.0332. The summed E-state index contributed by atoms with van der Waals surface area (Å²) in [6.45, 7) is 7.12. The lowest BCUT2D eigenvalue weighted by Gasteiger charge is -2.20. The highest BCUT2D eigenvalue weighted by molar-refractivity contribution is 7.18. The monoisotopic (exact) mass is 319 g/mol. The topological polar surface area (TPSA) is 55.2 Å². The van der Waals surface area contributed by atoms with Crippen molar-refractivity contribution >= 4 is 27.5 Å². The molecule has 0 saturated heterocycles. The van der Waals surface area contributed by atoms with Gasteiger partial charge in [0, 0.05) is 30.4 Å². The Balaban J connectivity index is 1.79. The molecule has 1 saturated carbocycles. The van der Waals surface area contributed by atoms with E-state index in [0.29, 0.717) is 24.4 Å². The molecule has 0 unspecified atom stereocenters. The predicted octanol–water partition coefficient (Wildman–Crippen LogP) is 2.48. The predicted molar refractivity (Wildman–Crippen MR) is 88.4 cm³/mol. The molecule has 1 aliphatic rings. The first-order valence-corrected chi connectivity index (χ1v) is 8.59. The number of rotatable bonds is 5. The molecule has 2 heterocycles. The van der Waals surface area contributed by atoms with Gasteiger partial charge in [0.05, 0.1) is 11.7 Å². The molecule has 1 aliphatic carbocycles. The van der Waals surface area contributed by atoms with Gasteiger partial charge in [0.15, 0.2) is 0 Å². The molecule has 2 aromatic heterocycles. The first-order valence-electron chi connectivity index (χ1n) is 7.77. The third-order valence-electron chi connectivity index (χ3n) is 4.37. The van der Waals surface area contributed by atoms with Gasteiger partial charge >= 0.3 is 0 Å². The molecular formula is C16H21N3O2S. The van der Waals surface area contributed by atoms with E-state index in [-0.39, 0.29) is 11.5 Å². The van der Waals surface area contributed by atoms with E-state index in [4.69, 9.17) is 0 Å². The molecule has 5 nitrogen and oxygen atoms in total. The summed E-state index contributed by atoms with van der Waals surface area (Å²) in [6.07, 6.45) is 4.15. The summed E-state index contributed by atoms with van der Waals surface area (Å²) < 4.78 is 1.57. The maximum Gasteiger partial charge on any atom is 0.262 e. The summed E-state index contributed by atoms with van der Waals surface area (Å²) in [5.74, 6) is 0.134. The summed E-state index contributed by atoms with van der Waals surface area (Å²) in [5, 5.41) is 0.701. The minimum Gasteiger partial charge on any atom is -0.340 e. The second-order valence-electron chi connectivity index (χ2n) is 5.87. The van der Waals surface area contributed by atoms with Crippen LogP contribution < -0.4 is 5.56 Å². The largest absolute Gasteiger partial charge is 0.340 e. The van der Waals surface area contributed by atoms with Crippen molar-refractivity contribution in [3.05, 3.63) is 27.1 Å². The Hall–Kier alpha value is -1.69. The standard InChI is InChI=1S/C16H21N3O2S/c1-4-19(12-5-6-12)13(20)7-8-18-9-17-15-14(16(18)21)10(2)11(3)22-15/h9,12H,4-8H2,1-3H3. The van der Waals surface area contributed by atoms with Crippen LogP contribution in [0.5, 0.6) is 0 Å². The second kappa shape index (κ2) is 5.83. The maximum absolute atomic E-state index is 12.6. The van der Waals surface area contributed by atoms with Gasteiger partial charge in [-0.15, -0.1) is 11.3 Å². The van der Waals surface area contributed by atoms with Crippen molar-refractivity contribution in [3.8, 4) is 0 Å². The lowest BCUT2D eigenvalue weighted by atomic mass is 10.2. The SMILES string of the molecule is CCN(C(=O)CCn1cnc2sc(C)c(C)c2c1=O)C1CC1. The van der Waals surface area contributed by atoms with E-state index in [1.165, 1.54) is 0 Å². The van der Waals surface area contributed by atoms with Gasteiger partial charge in [-0.3, -0.25) is 14.2 Å². The molecule has 3 rings (SSSR count). The molecular weight excluding hydrogens is 298 g/mol. The Labute approximate surface area is 133 Å². The van der Waals surface area contributed by atoms with Crippen molar-refractivity contribution in [1.29, 1.82) is 0 Å². The summed E-state index contributed by atoms with van der Waals surface area (Å²) in [4.78, 5) is 33.0. The molecule has 0 aliphatic heterocycles. The maximum atomic E-state index is 12.6. The Morgan fingerprint density at radius 1 is 1.45 bits per heavy atom. The first-order chi connectivity index (χ1) is 10.5. The van der Waals surface area contributed by atoms with Crippen molar-refractivity contribution in [2.75, 3.05) is 6.54 Å². The minimum atomic E-state index is -0.0332. The van der Waals surface area contributed by atoms with E-state index in [2.05, 4.69) is 4.98 Å².